The van der Waals surface area contributed by atoms with E-state index in [0.717, 1.165) is 24.8 Å². The molecule has 0 aliphatic heterocycles. The van der Waals surface area contributed by atoms with Gasteiger partial charge >= 0.3 is 11.9 Å². The van der Waals surface area contributed by atoms with Gasteiger partial charge in [0.15, 0.2) is 0 Å². The van der Waals surface area contributed by atoms with E-state index in [-0.39, 0.29) is 17.0 Å². The van der Waals surface area contributed by atoms with Crippen molar-refractivity contribution in [3.63, 3.8) is 0 Å². The quantitative estimate of drug-likeness (QED) is 0.229. The summed E-state index contributed by atoms with van der Waals surface area (Å²) in [5.74, 6) is -2.35. The van der Waals surface area contributed by atoms with Crippen LogP contribution >= 0.6 is 0 Å². The van der Waals surface area contributed by atoms with E-state index in [1.54, 1.807) is 0 Å². The van der Waals surface area contributed by atoms with E-state index >= 15 is 0 Å². The summed E-state index contributed by atoms with van der Waals surface area (Å²) in [5.41, 5.74) is 1.52. The Hall–Kier alpha value is -1.84. The molecule has 0 unspecified atom stereocenters. The number of carboxylic acids is 2. The van der Waals surface area contributed by atoms with Crippen LogP contribution in [0.25, 0.3) is 0 Å². The molecule has 0 fully saturated rings. The zero-order valence-electron chi connectivity index (χ0n) is 20.0. The standard InChI is InChI=1S/C27H44O4/c1-4-5-6-7-8-9-10-11-12-13-14-15-16-17-18-22-19-20-23(26(28)29)25(27(30)31)24(22)21(2)3/h19-21H,4-18H2,1-3H3,(H,28,29)(H,30,31). The van der Waals surface area contributed by atoms with Gasteiger partial charge in [-0.2, -0.15) is 0 Å². The molecule has 2 N–H and O–H groups in total. The summed E-state index contributed by atoms with van der Waals surface area (Å²) in [7, 11) is 0. The van der Waals surface area contributed by atoms with Crippen LogP contribution in [0.4, 0.5) is 0 Å². The Morgan fingerprint density at radius 1 is 0.710 bits per heavy atom. The summed E-state index contributed by atoms with van der Waals surface area (Å²) in [5, 5.41) is 19.0. The van der Waals surface area contributed by atoms with Gasteiger partial charge in [-0.25, -0.2) is 9.59 Å². The van der Waals surface area contributed by atoms with Crippen molar-refractivity contribution in [1.29, 1.82) is 0 Å². The number of unbranched alkanes of at least 4 members (excludes halogenated alkanes) is 13. The third-order valence-corrected chi connectivity index (χ3v) is 6.16. The van der Waals surface area contributed by atoms with Gasteiger partial charge in [-0.15, -0.1) is 0 Å². The van der Waals surface area contributed by atoms with E-state index in [2.05, 4.69) is 6.92 Å². The van der Waals surface area contributed by atoms with Crippen molar-refractivity contribution < 1.29 is 19.8 Å². The zero-order chi connectivity index (χ0) is 23.1. The molecule has 0 saturated carbocycles. The van der Waals surface area contributed by atoms with Gasteiger partial charge in [0.25, 0.3) is 0 Å². The van der Waals surface area contributed by atoms with Crippen LogP contribution in [0.3, 0.4) is 0 Å². The Bertz CT molecular complexity index is 663. The molecule has 1 aromatic carbocycles. The van der Waals surface area contributed by atoms with Gasteiger partial charge in [0.2, 0.25) is 0 Å². The van der Waals surface area contributed by atoms with Gasteiger partial charge in [0.1, 0.15) is 0 Å². The molecule has 0 heterocycles. The molecular weight excluding hydrogens is 388 g/mol. The minimum Gasteiger partial charge on any atom is -0.478 e. The first-order chi connectivity index (χ1) is 14.9. The van der Waals surface area contributed by atoms with Crippen molar-refractivity contribution in [3.8, 4) is 0 Å². The second-order valence-electron chi connectivity index (χ2n) is 9.17. The summed E-state index contributed by atoms with van der Waals surface area (Å²) < 4.78 is 0. The Labute approximate surface area is 189 Å². The average molecular weight is 433 g/mol. The molecule has 0 radical (unpaired) electrons. The largest absolute Gasteiger partial charge is 0.478 e. The number of hydrogen-bond acceptors (Lipinski definition) is 2. The molecule has 176 valence electrons. The third-order valence-electron chi connectivity index (χ3n) is 6.16. The molecule has 0 bridgehead atoms. The fraction of sp³-hybridized carbons (Fsp3) is 0.704. The second-order valence-corrected chi connectivity index (χ2v) is 9.17. The number of hydrogen-bond donors (Lipinski definition) is 2. The lowest BCUT2D eigenvalue weighted by molar-refractivity contribution is 0.0650. The van der Waals surface area contributed by atoms with Crippen molar-refractivity contribution >= 4 is 11.9 Å². The maximum Gasteiger partial charge on any atom is 0.336 e. The zero-order valence-corrected chi connectivity index (χ0v) is 20.0. The summed E-state index contributed by atoms with van der Waals surface area (Å²) in [6.07, 6.45) is 19.1. The first kappa shape index (κ1) is 27.2. The number of aromatic carboxylic acids is 2. The van der Waals surface area contributed by atoms with Crippen molar-refractivity contribution in [1.82, 2.24) is 0 Å². The van der Waals surface area contributed by atoms with Crippen LogP contribution in [0, 0.1) is 0 Å². The predicted molar refractivity (Wildman–Crippen MR) is 128 cm³/mol. The van der Waals surface area contributed by atoms with Gasteiger partial charge in [-0.3, -0.25) is 0 Å². The van der Waals surface area contributed by atoms with E-state index < -0.39 is 11.9 Å². The van der Waals surface area contributed by atoms with Gasteiger partial charge in [-0.1, -0.05) is 110 Å². The van der Waals surface area contributed by atoms with Crippen LogP contribution < -0.4 is 0 Å². The third kappa shape index (κ3) is 10.3. The van der Waals surface area contributed by atoms with E-state index in [9.17, 15) is 19.8 Å². The monoisotopic (exact) mass is 432 g/mol. The van der Waals surface area contributed by atoms with Gasteiger partial charge < -0.3 is 10.2 Å². The predicted octanol–water partition coefficient (Wildman–Crippen LogP) is 8.23. The molecule has 1 aromatic rings. The molecule has 0 amide bonds. The molecule has 31 heavy (non-hydrogen) atoms. The Morgan fingerprint density at radius 2 is 1.16 bits per heavy atom. The normalized spacial score (nSPS) is 11.2. The lowest BCUT2D eigenvalue weighted by atomic mass is 9.86. The maximum absolute atomic E-state index is 11.7. The smallest absolute Gasteiger partial charge is 0.336 e. The van der Waals surface area contributed by atoms with Crippen LogP contribution in [0.5, 0.6) is 0 Å². The van der Waals surface area contributed by atoms with Crippen LogP contribution in [-0.2, 0) is 6.42 Å². The molecular formula is C27H44O4. The van der Waals surface area contributed by atoms with Gasteiger partial charge in [-0.05, 0) is 36.0 Å². The number of aryl methyl sites for hydroxylation is 1. The van der Waals surface area contributed by atoms with Crippen LogP contribution in [0.2, 0.25) is 0 Å². The molecule has 0 aliphatic carbocycles. The number of carbonyl (C=O) groups is 2. The van der Waals surface area contributed by atoms with Crippen molar-refractivity contribution in [3.05, 3.63) is 34.4 Å². The first-order valence-corrected chi connectivity index (χ1v) is 12.5. The average Bonchev–Trinajstić information content (AvgIpc) is 2.72. The Balaban J connectivity index is 2.30. The first-order valence-electron chi connectivity index (χ1n) is 12.5. The highest BCUT2D eigenvalue weighted by molar-refractivity contribution is 6.03. The molecule has 0 aromatic heterocycles. The highest BCUT2D eigenvalue weighted by atomic mass is 16.4. The summed E-state index contributed by atoms with van der Waals surface area (Å²) in [6.45, 7) is 6.13. The minimum absolute atomic E-state index is 0.0213. The minimum atomic E-state index is -1.18. The lowest BCUT2D eigenvalue weighted by Gasteiger charge is -2.18. The molecule has 0 aliphatic rings. The van der Waals surface area contributed by atoms with Gasteiger partial charge in [0.05, 0.1) is 11.1 Å². The van der Waals surface area contributed by atoms with Gasteiger partial charge in [0, 0.05) is 0 Å². The van der Waals surface area contributed by atoms with E-state index in [1.165, 1.54) is 83.1 Å². The van der Waals surface area contributed by atoms with Crippen LogP contribution in [0.1, 0.15) is 148 Å². The topological polar surface area (TPSA) is 74.6 Å². The molecule has 4 nitrogen and oxygen atoms in total. The van der Waals surface area contributed by atoms with E-state index in [0.29, 0.717) is 5.56 Å². The molecule has 1 rings (SSSR count). The number of rotatable bonds is 18. The number of carboxylic acid groups (broad SMARTS) is 2. The fourth-order valence-corrected chi connectivity index (χ4v) is 4.46. The summed E-state index contributed by atoms with van der Waals surface area (Å²) >= 11 is 0. The van der Waals surface area contributed by atoms with Crippen molar-refractivity contribution in [2.24, 2.45) is 0 Å². The summed E-state index contributed by atoms with van der Waals surface area (Å²) in [6, 6.07) is 3.27. The van der Waals surface area contributed by atoms with Crippen LogP contribution in [0.15, 0.2) is 12.1 Å². The van der Waals surface area contributed by atoms with E-state index in [1.807, 2.05) is 19.9 Å². The lowest BCUT2D eigenvalue weighted by Crippen LogP contribution is -2.14. The highest BCUT2D eigenvalue weighted by Crippen LogP contribution is 2.29. The summed E-state index contributed by atoms with van der Waals surface area (Å²) in [4.78, 5) is 23.2. The second kappa shape index (κ2) is 15.9. The SMILES string of the molecule is CCCCCCCCCCCCCCCCc1ccc(C(=O)O)c(C(=O)O)c1C(C)C. The molecule has 0 saturated heterocycles. The van der Waals surface area contributed by atoms with Crippen molar-refractivity contribution in [2.75, 3.05) is 0 Å². The molecule has 4 heteroatoms. The Kier molecular flexibility index (Phi) is 13.9. The van der Waals surface area contributed by atoms with Crippen molar-refractivity contribution in [2.45, 2.75) is 123 Å². The van der Waals surface area contributed by atoms with Crippen LogP contribution in [-0.4, -0.2) is 22.2 Å². The Morgan fingerprint density at radius 3 is 1.55 bits per heavy atom. The number of benzene rings is 1. The maximum atomic E-state index is 11.7. The molecule has 0 spiro atoms. The molecule has 0 atom stereocenters. The highest BCUT2D eigenvalue weighted by Gasteiger charge is 2.24. The van der Waals surface area contributed by atoms with E-state index in [4.69, 9.17) is 0 Å². The fourth-order valence-electron chi connectivity index (χ4n) is 4.46.